The molecule has 0 unspecified atom stereocenters. The predicted molar refractivity (Wildman–Crippen MR) is 68.3 cm³/mol. The quantitative estimate of drug-likeness (QED) is 0.873. The number of nitrogens with zero attached hydrogens (tertiary/aromatic N) is 1. The van der Waals surface area contributed by atoms with Crippen molar-refractivity contribution in [3.63, 3.8) is 0 Å². The third kappa shape index (κ3) is 2.41. The lowest BCUT2D eigenvalue weighted by molar-refractivity contribution is 0.0509. The maximum atomic E-state index is 11.6. The Kier molecular flexibility index (Phi) is 3.73. The zero-order valence-corrected chi connectivity index (χ0v) is 11.0. The smallest absolute Gasteiger partial charge is 0.358 e. The average molecular weight is 283 g/mol. The molecule has 0 aliphatic rings. The van der Waals surface area contributed by atoms with E-state index in [-0.39, 0.29) is 17.2 Å². The van der Waals surface area contributed by atoms with Crippen LogP contribution in [0.15, 0.2) is 17.5 Å². The SMILES string of the molecule is CCOC(=O)c1nc(-c2cccs2)sc1C(=O)O. The number of carbonyl (C=O) groups excluding carboxylic acids is 1. The number of thiazole rings is 1. The van der Waals surface area contributed by atoms with E-state index in [2.05, 4.69) is 4.98 Å². The van der Waals surface area contributed by atoms with Gasteiger partial charge in [-0.2, -0.15) is 0 Å². The molecule has 1 N–H and O–H groups in total. The van der Waals surface area contributed by atoms with Crippen molar-refractivity contribution in [2.45, 2.75) is 6.92 Å². The van der Waals surface area contributed by atoms with Crippen LogP contribution in [0, 0.1) is 0 Å². The van der Waals surface area contributed by atoms with Gasteiger partial charge in [-0.1, -0.05) is 6.07 Å². The Morgan fingerprint density at radius 1 is 1.50 bits per heavy atom. The fraction of sp³-hybridized carbons (Fsp3) is 0.182. The van der Waals surface area contributed by atoms with Crippen LogP contribution in [-0.2, 0) is 4.74 Å². The second kappa shape index (κ2) is 5.28. The third-order valence-corrected chi connectivity index (χ3v) is 4.10. The summed E-state index contributed by atoms with van der Waals surface area (Å²) < 4.78 is 4.79. The molecule has 0 aliphatic carbocycles. The number of aromatic nitrogens is 1. The number of carbonyl (C=O) groups is 2. The Morgan fingerprint density at radius 2 is 2.28 bits per heavy atom. The van der Waals surface area contributed by atoms with Crippen molar-refractivity contribution in [1.82, 2.24) is 4.98 Å². The molecule has 2 rings (SSSR count). The van der Waals surface area contributed by atoms with Gasteiger partial charge in [0.25, 0.3) is 0 Å². The van der Waals surface area contributed by atoms with Gasteiger partial charge in [0.05, 0.1) is 11.5 Å². The Balaban J connectivity index is 2.45. The number of hydrogen-bond acceptors (Lipinski definition) is 6. The molecule has 0 saturated heterocycles. The molecule has 7 heteroatoms. The standard InChI is InChI=1S/C11H9NO4S2/c1-2-16-11(15)7-8(10(13)14)18-9(12-7)6-4-3-5-17-6/h3-5H,2H2,1H3,(H,13,14). The fourth-order valence-corrected chi connectivity index (χ4v) is 3.00. The lowest BCUT2D eigenvalue weighted by Crippen LogP contribution is -2.10. The van der Waals surface area contributed by atoms with Crippen molar-refractivity contribution in [2.75, 3.05) is 6.61 Å². The monoisotopic (exact) mass is 283 g/mol. The summed E-state index contributed by atoms with van der Waals surface area (Å²) in [6.45, 7) is 1.84. The highest BCUT2D eigenvalue weighted by Crippen LogP contribution is 2.31. The highest BCUT2D eigenvalue weighted by atomic mass is 32.1. The summed E-state index contributed by atoms with van der Waals surface area (Å²) in [7, 11) is 0. The molecule has 0 bridgehead atoms. The lowest BCUT2D eigenvalue weighted by Gasteiger charge is -1.98. The van der Waals surface area contributed by atoms with E-state index in [0.29, 0.717) is 5.01 Å². The minimum Gasteiger partial charge on any atom is -0.477 e. The first-order valence-electron chi connectivity index (χ1n) is 5.08. The van der Waals surface area contributed by atoms with Crippen molar-refractivity contribution in [1.29, 1.82) is 0 Å². The zero-order chi connectivity index (χ0) is 13.1. The number of aromatic carboxylic acids is 1. The number of carboxylic acid groups (broad SMARTS) is 1. The van der Waals surface area contributed by atoms with Crippen LogP contribution >= 0.6 is 22.7 Å². The van der Waals surface area contributed by atoms with Gasteiger partial charge in [0, 0.05) is 0 Å². The number of ether oxygens (including phenoxy) is 1. The maximum Gasteiger partial charge on any atom is 0.358 e. The van der Waals surface area contributed by atoms with E-state index in [1.807, 2.05) is 17.5 Å². The summed E-state index contributed by atoms with van der Waals surface area (Å²) in [5.41, 5.74) is -0.127. The van der Waals surface area contributed by atoms with Gasteiger partial charge in [0.2, 0.25) is 0 Å². The van der Waals surface area contributed by atoms with Crippen molar-refractivity contribution < 1.29 is 19.4 Å². The molecule has 0 radical (unpaired) electrons. The normalized spacial score (nSPS) is 10.3. The zero-order valence-electron chi connectivity index (χ0n) is 9.37. The second-order valence-electron chi connectivity index (χ2n) is 3.20. The van der Waals surface area contributed by atoms with Gasteiger partial charge in [0.15, 0.2) is 5.69 Å². The van der Waals surface area contributed by atoms with Crippen LogP contribution in [0.5, 0.6) is 0 Å². The van der Waals surface area contributed by atoms with E-state index < -0.39 is 11.9 Å². The summed E-state index contributed by atoms with van der Waals surface area (Å²) in [4.78, 5) is 27.5. The first-order chi connectivity index (χ1) is 8.63. The molecule has 2 aromatic heterocycles. The molecule has 0 saturated carbocycles. The molecule has 0 fully saturated rings. The van der Waals surface area contributed by atoms with Crippen molar-refractivity contribution in [3.8, 4) is 9.88 Å². The molecule has 0 amide bonds. The molecule has 5 nitrogen and oxygen atoms in total. The molecule has 2 aromatic rings. The highest BCUT2D eigenvalue weighted by Gasteiger charge is 2.24. The fourth-order valence-electron chi connectivity index (χ4n) is 1.31. The minimum atomic E-state index is -1.17. The summed E-state index contributed by atoms with van der Waals surface area (Å²) in [6.07, 6.45) is 0. The van der Waals surface area contributed by atoms with Gasteiger partial charge in [0.1, 0.15) is 9.88 Å². The topological polar surface area (TPSA) is 76.5 Å². The minimum absolute atomic E-state index is 0.0862. The molecule has 0 aliphatic heterocycles. The van der Waals surface area contributed by atoms with Gasteiger partial charge in [-0.05, 0) is 18.4 Å². The molecular weight excluding hydrogens is 274 g/mol. The summed E-state index contributed by atoms with van der Waals surface area (Å²) in [5, 5.41) is 11.4. The van der Waals surface area contributed by atoms with Crippen LogP contribution in [0.2, 0.25) is 0 Å². The van der Waals surface area contributed by atoms with Crippen LogP contribution in [0.1, 0.15) is 27.1 Å². The first-order valence-corrected chi connectivity index (χ1v) is 6.78. The molecule has 94 valence electrons. The van der Waals surface area contributed by atoms with Gasteiger partial charge in [-0.3, -0.25) is 0 Å². The van der Waals surface area contributed by atoms with Crippen molar-refractivity contribution in [3.05, 3.63) is 28.1 Å². The van der Waals surface area contributed by atoms with Crippen LogP contribution in [-0.4, -0.2) is 28.6 Å². The highest BCUT2D eigenvalue weighted by molar-refractivity contribution is 7.22. The average Bonchev–Trinajstić information content (AvgIpc) is 2.98. The summed E-state index contributed by atoms with van der Waals surface area (Å²) in [5.74, 6) is -1.87. The molecule has 18 heavy (non-hydrogen) atoms. The number of esters is 1. The second-order valence-corrected chi connectivity index (χ2v) is 5.15. The largest absolute Gasteiger partial charge is 0.477 e. The van der Waals surface area contributed by atoms with Gasteiger partial charge in [-0.25, -0.2) is 14.6 Å². The number of hydrogen-bond donors (Lipinski definition) is 1. The summed E-state index contributed by atoms with van der Waals surface area (Å²) in [6, 6.07) is 3.66. The van der Waals surface area contributed by atoms with Crippen molar-refractivity contribution >= 4 is 34.6 Å². The molecule has 0 atom stereocenters. The van der Waals surface area contributed by atoms with Gasteiger partial charge >= 0.3 is 11.9 Å². The van der Waals surface area contributed by atoms with E-state index in [1.165, 1.54) is 11.3 Å². The van der Waals surface area contributed by atoms with Crippen molar-refractivity contribution in [2.24, 2.45) is 0 Å². The van der Waals surface area contributed by atoms with E-state index >= 15 is 0 Å². The van der Waals surface area contributed by atoms with E-state index in [9.17, 15) is 9.59 Å². The van der Waals surface area contributed by atoms with Crippen LogP contribution in [0.3, 0.4) is 0 Å². The molecule has 0 aromatic carbocycles. The van der Waals surface area contributed by atoms with Gasteiger partial charge < -0.3 is 9.84 Å². The first kappa shape index (κ1) is 12.7. The Labute approximate surface area is 111 Å². The third-order valence-electron chi connectivity index (χ3n) is 2.02. The molecular formula is C11H9NO4S2. The van der Waals surface area contributed by atoms with E-state index in [1.54, 1.807) is 6.92 Å². The Bertz CT molecular complexity index is 574. The predicted octanol–water partition coefficient (Wildman–Crippen LogP) is 2.75. The Hall–Kier alpha value is -1.73. The summed E-state index contributed by atoms with van der Waals surface area (Å²) >= 11 is 2.42. The van der Waals surface area contributed by atoms with Crippen LogP contribution < -0.4 is 0 Å². The number of thiophene rings is 1. The molecule has 2 heterocycles. The van der Waals surface area contributed by atoms with Gasteiger partial charge in [-0.15, -0.1) is 22.7 Å². The lowest BCUT2D eigenvalue weighted by atomic mass is 10.3. The Morgan fingerprint density at radius 3 is 2.83 bits per heavy atom. The van der Waals surface area contributed by atoms with Crippen LogP contribution in [0.25, 0.3) is 9.88 Å². The van der Waals surface area contributed by atoms with E-state index in [0.717, 1.165) is 16.2 Å². The molecule has 0 spiro atoms. The number of rotatable bonds is 4. The maximum absolute atomic E-state index is 11.6. The van der Waals surface area contributed by atoms with Crippen LogP contribution in [0.4, 0.5) is 0 Å². The number of carboxylic acids is 1. The van der Waals surface area contributed by atoms with E-state index in [4.69, 9.17) is 9.84 Å².